The van der Waals surface area contributed by atoms with Gasteiger partial charge in [0.15, 0.2) is 6.29 Å². The van der Waals surface area contributed by atoms with Crippen molar-refractivity contribution in [1.82, 2.24) is 0 Å². The molecule has 0 saturated carbocycles. The third kappa shape index (κ3) is 2.52. The topological polar surface area (TPSA) is 17.1 Å². The Morgan fingerprint density at radius 1 is 0.704 bits per heavy atom. The van der Waals surface area contributed by atoms with Crippen molar-refractivity contribution in [2.45, 2.75) is 13.8 Å². The SMILES string of the molecule is Cc1c(C=O)sc2sc(-c3sc(-c4ccccc4)c4ccccc34)c(C)c12. The van der Waals surface area contributed by atoms with Gasteiger partial charge in [0.05, 0.1) is 13.8 Å². The van der Waals surface area contributed by atoms with Gasteiger partial charge in [-0.25, -0.2) is 0 Å². The van der Waals surface area contributed by atoms with Crippen LogP contribution in [0, 0.1) is 13.8 Å². The van der Waals surface area contributed by atoms with Gasteiger partial charge >= 0.3 is 0 Å². The lowest BCUT2D eigenvalue weighted by Crippen LogP contribution is -1.79. The molecular weight excluding hydrogens is 388 g/mol. The van der Waals surface area contributed by atoms with Crippen molar-refractivity contribution in [3.8, 4) is 20.2 Å². The second-order valence-electron chi connectivity index (χ2n) is 6.60. The minimum atomic E-state index is 0.854. The van der Waals surface area contributed by atoms with Crippen molar-refractivity contribution in [2.24, 2.45) is 0 Å². The number of benzene rings is 2. The molecule has 5 aromatic rings. The number of carbonyl (C=O) groups excluding carboxylic acids is 1. The summed E-state index contributed by atoms with van der Waals surface area (Å²) in [4.78, 5) is 16.2. The monoisotopic (exact) mass is 404 g/mol. The van der Waals surface area contributed by atoms with Crippen LogP contribution in [0.4, 0.5) is 0 Å². The molecule has 0 unspecified atom stereocenters. The smallest absolute Gasteiger partial charge is 0.160 e. The molecule has 0 N–H and O–H groups in total. The highest BCUT2D eigenvalue weighted by Gasteiger charge is 2.21. The summed E-state index contributed by atoms with van der Waals surface area (Å²) in [5.74, 6) is 0. The van der Waals surface area contributed by atoms with Gasteiger partial charge < -0.3 is 0 Å². The predicted molar refractivity (Wildman–Crippen MR) is 121 cm³/mol. The largest absolute Gasteiger partial charge is 0.297 e. The molecule has 3 heterocycles. The van der Waals surface area contributed by atoms with E-state index >= 15 is 0 Å². The average Bonchev–Trinajstić information content (AvgIpc) is 3.34. The fourth-order valence-electron chi connectivity index (χ4n) is 3.69. The molecule has 27 heavy (non-hydrogen) atoms. The third-order valence-electron chi connectivity index (χ3n) is 5.03. The number of hydrogen-bond acceptors (Lipinski definition) is 4. The lowest BCUT2D eigenvalue weighted by molar-refractivity contribution is 0.112. The second-order valence-corrected chi connectivity index (χ2v) is 9.95. The van der Waals surface area contributed by atoms with Crippen molar-refractivity contribution >= 4 is 60.5 Å². The van der Waals surface area contributed by atoms with Crippen LogP contribution in [0.25, 0.3) is 40.4 Å². The van der Waals surface area contributed by atoms with E-state index in [1.54, 1.807) is 11.3 Å². The molecule has 0 saturated heterocycles. The van der Waals surface area contributed by atoms with Crippen molar-refractivity contribution in [2.75, 3.05) is 0 Å². The van der Waals surface area contributed by atoms with Crippen LogP contribution in [-0.4, -0.2) is 6.29 Å². The van der Waals surface area contributed by atoms with Crippen LogP contribution in [0.3, 0.4) is 0 Å². The summed E-state index contributed by atoms with van der Waals surface area (Å²) in [7, 11) is 0. The molecule has 132 valence electrons. The van der Waals surface area contributed by atoms with Gasteiger partial charge in [0, 0.05) is 25.9 Å². The van der Waals surface area contributed by atoms with Crippen LogP contribution >= 0.6 is 34.0 Å². The maximum atomic E-state index is 11.3. The Labute approximate surface area is 169 Å². The van der Waals surface area contributed by atoms with E-state index in [1.807, 2.05) is 22.7 Å². The van der Waals surface area contributed by atoms with Gasteiger partial charge in [0.1, 0.15) is 0 Å². The zero-order valence-electron chi connectivity index (χ0n) is 14.9. The Morgan fingerprint density at radius 2 is 1.37 bits per heavy atom. The summed E-state index contributed by atoms with van der Waals surface area (Å²) >= 11 is 5.31. The van der Waals surface area contributed by atoms with E-state index in [4.69, 9.17) is 0 Å². The molecule has 0 bridgehead atoms. The second kappa shape index (κ2) is 6.41. The first-order chi connectivity index (χ1) is 13.2. The molecule has 1 nitrogen and oxygen atoms in total. The van der Waals surface area contributed by atoms with E-state index in [9.17, 15) is 4.79 Å². The molecule has 4 heteroatoms. The van der Waals surface area contributed by atoms with Crippen LogP contribution in [0.1, 0.15) is 20.8 Å². The summed E-state index contributed by atoms with van der Waals surface area (Å²) in [6, 6.07) is 19.3. The van der Waals surface area contributed by atoms with Gasteiger partial charge in [0.25, 0.3) is 0 Å². The van der Waals surface area contributed by atoms with Crippen molar-refractivity contribution in [3.05, 3.63) is 70.6 Å². The van der Waals surface area contributed by atoms with E-state index in [0.29, 0.717) is 0 Å². The molecule has 2 aromatic carbocycles. The highest BCUT2D eigenvalue weighted by molar-refractivity contribution is 7.41. The molecule has 0 atom stereocenters. The van der Waals surface area contributed by atoms with E-state index in [1.165, 1.54) is 45.9 Å². The Bertz CT molecular complexity index is 1300. The maximum Gasteiger partial charge on any atom is 0.160 e. The van der Waals surface area contributed by atoms with Crippen LogP contribution in [0.2, 0.25) is 0 Å². The average molecular weight is 405 g/mol. The predicted octanol–water partition coefficient (Wildman–Crippen LogP) is 7.94. The van der Waals surface area contributed by atoms with E-state index < -0.39 is 0 Å². The minimum absolute atomic E-state index is 0.854. The molecule has 5 rings (SSSR count). The number of thiophene rings is 3. The lowest BCUT2D eigenvalue weighted by atomic mass is 10.1. The lowest BCUT2D eigenvalue weighted by Gasteiger charge is -1.99. The van der Waals surface area contributed by atoms with Crippen molar-refractivity contribution in [1.29, 1.82) is 0 Å². The molecular formula is C23H16OS3. The maximum absolute atomic E-state index is 11.3. The van der Waals surface area contributed by atoms with Gasteiger partial charge in [-0.05, 0) is 30.5 Å². The molecule has 0 aliphatic rings. The third-order valence-corrected chi connectivity index (χ3v) is 9.06. The Morgan fingerprint density at radius 3 is 2.04 bits per heavy atom. The zero-order valence-corrected chi connectivity index (χ0v) is 17.4. The molecule has 0 spiro atoms. The van der Waals surface area contributed by atoms with Gasteiger partial charge in [-0.1, -0.05) is 54.6 Å². The Kier molecular flexibility index (Phi) is 4.01. The Hall–Kier alpha value is -2.27. The van der Waals surface area contributed by atoms with Gasteiger partial charge in [0.2, 0.25) is 0 Å². The summed E-state index contributed by atoms with van der Waals surface area (Å²) in [5.41, 5.74) is 3.68. The fourth-order valence-corrected chi connectivity index (χ4v) is 7.86. The summed E-state index contributed by atoms with van der Waals surface area (Å²) in [6.45, 7) is 4.26. The number of aldehydes is 1. The van der Waals surface area contributed by atoms with Crippen LogP contribution in [0.5, 0.6) is 0 Å². The van der Waals surface area contributed by atoms with Crippen LogP contribution in [0.15, 0.2) is 54.6 Å². The molecule has 0 radical (unpaired) electrons. The highest BCUT2D eigenvalue weighted by Crippen LogP contribution is 2.50. The summed E-state index contributed by atoms with van der Waals surface area (Å²) in [6.07, 6.45) is 0.986. The van der Waals surface area contributed by atoms with E-state index in [-0.39, 0.29) is 0 Å². The molecule has 0 amide bonds. The number of aryl methyl sites for hydroxylation is 2. The summed E-state index contributed by atoms with van der Waals surface area (Å²) in [5, 5.41) is 3.89. The molecule has 0 fully saturated rings. The normalized spacial score (nSPS) is 11.5. The van der Waals surface area contributed by atoms with Gasteiger partial charge in [-0.15, -0.1) is 34.0 Å². The van der Waals surface area contributed by atoms with Crippen molar-refractivity contribution < 1.29 is 4.79 Å². The first-order valence-electron chi connectivity index (χ1n) is 8.74. The fraction of sp³-hybridized carbons (Fsp3) is 0.0870. The minimum Gasteiger partial charge on any atom is -0.297 e. The van der Waals surface area contributed by atoms with E-state index in [0.717, 1.165) is 16.7 Å². The molecule has 3 aromatic heterocycles. The van der Waals surface area contributed by atoms with Crippen LogP contribution < -0.4 is 0 Å². The number of hydrogen-bond donors (Lipinski definition) is 0. The zero-order chi connectivity index (χ0) is 18.5. The first-order valence-corrected chi connectivity index (χ1v) is 11.2. The first kappa shape index (κ1) is 16.9. The molecule has 0 aliphatic carbocycles. The standard InChI is InChI=1S/C23H16OS3/c1-13-18(12-24)25-23-19(13)14(2)20(27-23)22-17-11-7-6-10-16(17)21(26-22)15-8-4-3-5-9-15/h3-12H,1-2H3. The molecule has 0 aliphatic heterocycles. The van der Waals surface area contributed by atoms with Gasteiger partial charge in [-0.3, -0.25) is 4.79 Å². The number of carbonyl (C=O) groups is 1. The van der Waals surface area contributed by atoms with Crippen LogP contribution in [-0.2, 0) is 0 Å². The van der Waals surface area contributed by atoms with Gasteiger partial charge in [-0.2, -0.15) is 0 Å². The van der Waals surface area contributed by atoms with E-state index in [2.05, 4.69) is 68.4 Å². The Balaban J connectivity index is 1.80. The quantitative estimate of drug-likeness (QED) is 0.279. The van der Waals surface area contributed by atoms with Crippen molar-refractivity contribution in [3.63, 3.8) is 0 Å². The summed E-state index contributed by atoms with van der Waals surface area (Å²) < 4.78 is 1.25. The highest BCUT2D eigenvalue weighted by atomic mass is 32.2. The number of fused-ring (bicyclic) bond motifs is 2. The number of rotatable bonds is 3.